The van der Waals surface area contributed by atoms with E-state index in [2.05, 4.69) is 15.2 Å². The molecule has 0 unspecified atom stereocenters. The highest BCUT2D eigenvalue weighted by Gasteiger charge is 2.16. The summed E-state index contributed by atoms with van der Waals surface area (Å²) in [5, 5.41) is 25.7. The predicted molar refractivity (Wildman–Crippen MR) is 70.3 cm³/mol. The highest BCUT2D eigenvalue weighted by atomic mass is 32.1. The van der Waals surface area contributed by atoms with Crippen LogP contribution in [-0.2, 0) is 0 Å². The minimum absolute atomic E-state index is 0.284. The van der Waals surface area contributed by atoms with Gasteiger partial charge in [0.05, 0.1) is 16.0 Å². The molecule has 0 fully saturated rings. The summed E-state index contributed by atoms with van der Waals surface area (Å²) < 4.78 is 5.54. The molecule has 20 heavy (non-hydrogen) atoms. The van der Waals surface area contributed by atoms with Crippen molar-refractivity contribution in [2.45, 2.75) is 0 Å². The zero-order valence-corrected chi connectivity index (χ0v) is 10.8. The maximum atomic E-state index is 8.93. The standard InChI is InChI=1S/C13H5N5OS/c14-5-9-4-10(20-11(9)6-15)13-18-17-12(19-13)8-2-1-3-16-7-8/h1-4,7H. The van der Waals surface area contributed by atoms with Crippen molar-refractivity contribution in [1.29, 1.82) is 10.5 Å². The van der Waals surface area contributed by atoms with Crippen LogP contribution >= 0.6 is 11.3 Å². The molecule has 6 nitrogen and oxygen atoms in total. The van der Waals surface area contributed by atoms with Crippen LogP contribution in [-0.4, -0.2) is 15.2 Å². The summed E-state index contributed by atoms with van der Waals surface area (Å²) in [6.07, 6.45) is 3.27. The van der Waals surface area contributed by atoms with Gasteiger partial charge in [0.25, 0.3) is 5.89 Å². The Kier molecular flexibility index (Phi) is 2.96. The zero-order chi connectivity index (χ0) is 13.9. The molecule has 0 radical (unpaired) electrons. The first kappa shape index (κ1) is 12.0. The van der Waals surface area contributed by atoms with Gasteiger partial charge in [0.15, 0.2) is 0 Å². The fourth-order valence-electron chi connectivity index (χ4n) is 1.59. The highest BCUT2D eigenvalue weighted by Crippen LogP contribution is 2.31. The zero-order valence-electron chi connectivity index (χ0n) is 9.94. The summed E-state index contributed by atoms with van der Waals surface area (Å²) in [7, 11) is 0. The Labute approximate surface area is 117 Å². The molecule has 0 aromatic carbocycles. The molecular formula is C13H5N5OS. The molecule has 3 aromatic heterocycles. The van der Waals surface area contributed by atoms with E-state index in [9.17, 15) is 0 Å². The van der Waals surface area contributed by atoms with Crippen LogP contribution in [0, 0.1) is 22.7 Å². The van der Waals surface area contributed by atoms with Crippen LogP contribution in [0.15, 0.2) is 35.0 Å². The van der Waals surface area contributed by atoms with Crippen LogP contribution in [0.4, 0.5) is 0 Å². The summed E-state index contributed by atoms with van der Waals surface area (Å²) in [6, 6.07) is 9.08. The molecule has 0 atom stereocenters. The Hall–Kier alpha value is -3.03. The molecule has 0 amide bonds. The lowest BCUT2D eigenvalue weighted by Gasteiger charge is -1.91. The number of thiophene rings is 1. The second kappa shape index (κ2) is 4.92. The molecular weight excluding hydrogens is 274 g/mol. The SMILES string of the molecule is N#Cc1cc(-c2nnc(-c3cccnc3)o2)sc1C#N. The van der Waals surface area contributed by atoms with E-state index in [0.29, 0.717) is 26.8 Å². The van der Waals surface area contributed by atoms with Crippen LogP contribution in [0.5, 0.6) is 0 Å². The molecule has 0 saturated heterocycles. The van der Waals surface area contributed by atoms with Crippen LogP contribution in [0.1, 0.15) is 10.4 Å². The minimum atomic E-state index is 0.284. The van der Waals surface area contributed by atoms with E-state index in [0.717, 1.165) is 11.3 Å². The number of hydrogen-bond acceptors (Lipinski definition) is 7. The summed E-state index contributed by atoms with van der Waals surface area (Å²) in [5.74, 6) is 0.630. The van der Waals surface area contributed by atoms with E-state index in [1.807, 2.05) is 12.1 Å². The molecule has 94 valence electrons. The van der Waals surface area contributed by atoms with Gasteiger partial charge < -0.3 is 4.42 Å². The van der Waals surface area contributed by atoms with E-state index in [1.165, 1.54) is 0 Å². The molecule has 3 heterocycles. The van der Waals surface area contributed by atoms with E-state index in [4.69, 9.17) is 14.9 Å². The van der Waals surface area contributed by atoms with Gasteiger partial charge in [-0.15, -0.1) is 21.5 Å². The normalized spacial score (nSPS) is 9.90. The van der Waals surface area contributed by atoms with Crippen LogP contribution in [0.3, 0.4) is 0 Å². The van der Waals surface area contributed by atoms with Gasteiger partial charge in [-0.1, -0.05) is 0 Å². The molecule has 0 bridgehead atoms. The maximum absolute atomic E-state index is 8.93. The number of aromatic nitrogens is 3. The second-order valence-electron chi connectivity index (χ2n) is 3.73. The van der Waals surface area contributed by atoms with Gasteiger partial charge in [-0.2, -0.15) is 10.5 Å². The Morgan fingerprint density at radius 2 is 2.00 bits per heavy atom. The van der Waals surface area contributed by atoms with Crippen molar-refractivity contribution in [1.82, 2.24) is 15.2 Å². The van der Waals surface area contributed by atoms with Gasteiger partial charge in [0, 0.05) is 12.4 Å². The number of rotatable bonds is 2. The van der Waals surface area contributed by atoms with Gasteiger partial charge >= 0.3 is 0 Å². The summed E-state index contributed by atoms with van der Waals surface area (Å²) in [5.41, 5.74) is 1.03. The van der Waals surface area contributed by atoms with Crippen molar-refractivity contribution in [2.75, 3.05) is 0 Å². The first-order valence-corrected chi connectivity index (χ1v) is 6.32. The third kappa shape index (κ3) is 2.03. The monoisotopic (exact) mass is 279 g/mol. The summed E-state index contributed by atoms with van der Waals surface area (Å²) in [6.45, 7) is 0. The second-order valence-corrected chi connectivity index (χ2v) is 4.78. The molecule has 3 aromatic rings. The van der Waals surface area contributed by atoms with Crippen molar-refractivity contribution in [3.63, 3.8) is 0 Å². The first-order chi connectivity index (χ1) is 9.81. The molecule has 0 aliphatic heterocycles. The van der Waals surface area contributed by atoms with E-state index < -0.39 is 0 Å². The van der Waals surface area contributed by atoms with Gasteiger partial charge in [0.2, 0.25) is 5.89 Å². The van der Waals surface area contributed by atoms with Gasteiger partial charge in [-0.25, -0.2) is 0 Å². The minimum Gasteiger partial charge on any atom is -0.415 e. The Morgan fingerprint density at radius 1 is 1.15 bits per heavy atom. The summed E-state index contributed by atoms with van der Waals surface area (Å²) >= 11 is 1.15. The highest BCUT2D eigenvalue weighted by molar-refractivity contribution is 7.16. The van der Waals surface area contributed by atoms with Crippen LogP contribution in [0.25, 0.3) is 22.2 Å². The number of nitrogens with zero attached hydrogens (tertiary/aromatic N) is 5. The lowest BCUT2D eigenvalue weighted by atomic mass is 10.3. The summed E-state index contributed by atoms with van der Waals surface area (Å²) in [4.78, 5) is 4.91. The molecule has 3 rings (SSSR count). The van der Waals surface area contributed by atoms with Crippen molar-refractivity contribution >= 4 is 11.3 Å². The molecule has 0 N–H and O–H groups in total. The van der Waals surface area contributed by atoms with Crippen molar-refractivity contribution < 1.29 is 4.42 Å². The Balaban J connectivity index is 2.01. The molecule has 0 aliphatic carbocycles. The quantitative estimate of drug-likeness (QED) is 0.714. The van der Waals surface area contributed by atoms with Crippen molar-refractivity contribution in [3.05, 3.63) is 41.0 Å². The smallest absolute Gasteiger partial charge is 0.258 e. The lowest BCUT2D eigenvalue weighted by molar-refractivity contribution is 0.586. The van der Waals surface area contributed by atoms with Gasteiger partial charge in [-0.05, 0) is 18.2 Å². The fourth-order valence-corrected chi connectivity index (χ4v) is 2.42. The lowest BCUT2D eigenvalue weighted by Crippen LogP contribution is -1.78. The number of nitriles is 2. The number of hydrogen-bond donors (Lipinski definition) is 0. The molecule has 0 aliphatic rings. The fraction of sp³-hybridized carbons (Fsp3) is 0. The third-order valence-electron chi connectivity index (χ3n) is 2.50. The van der Waals surface area contributed by atoms with Crippen molar-refractivity contribution in [3.8, 4) is 34.4 Å². The average Bonchev–Trinajstić information content (AvgIpc) is 3.14. The largest absolute Gasteiger partial charge is 0.415 e. The predicted octanol–water partition coefficient (Wildman–Crippen LogP) is 2.60. The first-order valence-electron chi connectivity index (χ1n) is 5.50. The molecule has 7 heteroatoms. The van der Waals surface area contributed by atoms with Gasteiger partial charge in [0.1, 0.15) is 17.0 Å². The topological polar surface area (TPSA) is 99.4 Å². The maximum Gasteiger partial charge on any atom is 0.258 e. The van der Waals surface area contributed by atoms with Gasteiger partial charge in [-0.3, -0.25) is 4.98 Å². The Morgan fingerprint density at radius 3 is 2.65 bits per heavy atom. The van der Waals surface area contributed by atoms with E-state index in [-0.39, 0.29) is 5.89 Å². The van der Waals surface area contributed by atoms with Crippen molar-refractivity contribution in [2.24, 2.45) is 0 Å². The van der Waals surface area contributed by atoms with Crippen LogP contribution in [0.2, 0.25) is 0 Å². The average molecular weight is 279 g/mol. The third-order valence-corrected chi connectivity index (χ3v) is 3.53. The van der Waals surface area contributed by atoms with E-state index >= 15 is 0 Å². The van der Waals surface area contributed by atoms with E-state index in [1.54, 1.807) is 30.6 Å². The molecule has 0 spiro atoms. The molecule has 0 saturated carbocycles. The van der Waals surface area contributed by atoms with Crippen LogP contribution < -0.4 is 0 Å². The Bertz CT molecular complexity index is 806. The number of pyridine rings is 1.